The summed E-state index contributed by atoms with van der Waals surface area (Å²) in [6.45, 7) is 6.63. The van der Waals surface area contributed by atoms with Crippen molar-refractivity contribution in [3.63, 3.8) is 0 Å². The standard InChI is InChI=1S/C29H28FNO3/c1-18-19(2)28(30)12-11-25(18)22-15-23(29(32)33)17-24(16-22)34-14-13-31-20(3)26-10-6-8-21-7-4-5-9-27(21)26/h4-12,15-17,20,31H,13-14H2,1-3H3,(H,32,33). The minimum absolute atomic E-state index is 0.125. The van der Waals surface area contributed by atoms with E-state index < -0.39 is 5.97 Å². The molecule has 0 aliphatic heterocycles. The summed E-state index contributed by atoms with van der Waals surface area (Å²) in [6.07, 6.45) is 0. The number of hydrogen-bond donors (Lipinski definition) is 2. The molecule has 4 aromatic carbocycles. The summed E-state index contributed by atoms with van der Waals surface area (Å²) in [5.74, 6) is -0.847. The number of benzene rings is 4. The minimum Gasteiger partial charge on any atom is -0.492 e. The number of hydrogen-bond acceptors (Lipinski definition) is 3. The van der Waals surface area contributed by atoms with Crippen LogP contribution < -0.4 is 10.1 Å². The molecule has 0 aliphatic carbocycles. The maximum atomic E-state index is 13.9. The van der Waals surface area contributed by atoms with Crippen LogP contribution in [0.2, 0.25) is 0 Å². The highest BCUT2D eigenvalue weighted by Crippen LogP contribution is 2.31. The van der Waals surface area contributed by atoms with E-state index in [4.69, 9.17) is 4.74 Å². The molecule has 1 unspecified atom stereocenters. The van der Waals surface area contributed by atoms with E-state index in [1.54, 1.807) is 25.1 Å². The monoisotopic (exact) mass is 457 g/mol. The molecule has 0 spiro atoms. The topological polar surface area (TPSA) is 58.6 Å². The van der Waals surface area contributed by atoms with Gasteiger partial charge in [0.05, 0.1) is 5.56 Å². The Labute approximate surface area is 199 Å². The molecular formula is C29H28FNO3. The van der Waals surface area contributed by atoms with Gasteiger partial charge in [-0.15, -0.1) is 0 Å². The normalized spacial score (nSPS) is 12.0. The quantitative estimate of drug-likeness (QED) is 0.289. The molecule has 0 fully saturated rings. The van der Waals surface area contributed by atoms with Crippen molar-refractivity contribution < 1.29 is 19.0 Å². The Balaban J connectivity index is 1.48. The van der Waals surface area contributed by atoms with Crippen molar-refractivity contribution in [2.75, 3.05) is 13.2 Å². The number of rotatable bonds is 8. The Kier molecular flexibility index (Phi) is 6.94. The Morgan fingerprint density at radius 2 is 1.76 bits per heavy atom. The summed E-state index contributed by atoms with van der Waals surface area (Å²) in [7, 11) is 0. The van der Waals surface area contributed by atoms with E-state index in [1.165, 1.54) is 28.5 Å². The van der Waals surface area contributed by atoms with E-state index in [0.717, 1.165) is 11.1 Å². The van der Waals surface area contributed by atoms with E-state index >= 15 is 0 Å². The zero-order valence-corrected chi connectivity index (χ0v) is 19.6. The average Bonchev–Trinajstić information content (AvgIpc) is 2.84. The van der Waals surface area contributed by atoms with E-state index in [-0.39, 0.29) is 17.4 Å². The number of halogens is 1. The SMILES string of the molecule is Cc1c(F)ccc(-c2cc(OCCNC(C)c3cccc4ccccc34)cc(C(=O)O)c2)c1C. The second-order valence-electron chi connectivity index (χ2n) is 8.49. The fourth-order valence-corrected chi connectivity index (χ4v) is 4.24. The van der Waals surface area contributed by atoms with Gasteiger partial charge >= 0.3 is 5.97 Å². The first-order valence-electron chi connectivity index (χ1n) is 11.3. The number of carbonyl (C=O) groups is 1. The number of fused-ring (bicyclic) bond motifs is 1. The highest BCUT2D eigenvalue weighted by Gasteiger charge is 2.14. The molecule has 4 nitrogen and oxygen atoms in total. The zero-order chi connectivity index (χ0) is 24.2. The maximum Gasteiger partial charge on any atom is 0.335 e. The van der Waals surface area contributed by atoms with Crippen LogP contribution in [0, 0.1) is 19.7 Å². The molecule has 0 radical (unpaired) electrons. The predicted molar refractivity (Wildman–Crippen MR) is 134 cm³/mol. The van der Waals surface area contributed by atoms with E-state index in [0.29, 0.717) is 30.0 Å². The second-order valence-corrected chi connectivity index (χ2v) is 8.49. The minimum atomic E-state index is -1.04. The molecule has 2 N–H and O–H groups in total. The van der Waals surface area contributed by atoms with Crippen LogP contribution in [-0.2, 0) is 0 Å². The van der Waals surface area contributed by atoms with Crippen LogP contribution in [0.25, 0.3) is 21.9 Å². The Bertz CT molecular complexity index is 1340. The first-order valence-corrected chi connectivity index (χ1v) is 11.3. The van der Waals surface area contributed by atoms with Gasteiger partial charge in [0.1, 0.15) is 18.2 Å². The summed E-state index contributed by atoms with van der Waals surface area (Å²) in [5, 5.41) is 15.5. The molecule has 1 atom stereocenters. The molecule has 0 bridgehead atoms. The Morgan fingerprint density at radius 1 is 1.00 bits per heavy atom. The van der Waals surface area contributed by atoms with E-state index in [9.17, 15) is 14.3 Å². The van der Waals surface area contributed by atoms with Gasteiger partial charge in [0.25, 0.3) is 0 Å². The summed E-state index contributed by atoms with van der Waals surface area (Å²) in [4.78, 5) is 11.7. The Hall–Kier alpha value is -3.70. The third kappa shape index (κ3) is 4.95. The third-order valence-electron chi connectivity index (χ3n) is 6.30. The molecule has 0 aliphatic rings. The predicted octanol–water partition coefficient (Wildman–Crippen LogP) is 6.69. The van der Waals surface area contributed by atoms with Gasteiger partial charge in [0.2, 0.25) is 0 Å². The summed E-state index contributed by atoms with van der Waals surface area (Å²) < 4.78 is 19.8. The van der Waals surface area contributed by atoms with Crippen LogP contribution in [0.5, 0.6) is 5.75 Å². The summed E-state index contributed by atoms with van der Waals surface area (Å²) in [6, 6.07) is 22.7. The molecule has 174 valence electrons. The zero-order valence-electron chi connectivity index (χ0n) is 19.6. The van der Waals surface area contributed by atoms with Gasteiger partial charge in [-0.05, 0) is 83.6 Å². The molecule has 0 aromatic heterocycles. The van der Waals surface area contributed by atoms with Crippen LogP contribution in [0.1, 0.15) is 40.0 Å². The highest BCUT2D eigenvalue weighted by molar-refractivity contribution is 5.90. The van der Waals surface area contributed by atoms with Crippen molar-refractivity contribution in [3.05, 3.63) is 101 Å². The van der Waals surface area contributed by atoms with Crippen LogP contribution in [0.4, 0.5) is 4.39 Å². The van der Waals surface area contributed by atoms with Gasteiger partial charge in [0.15, 0.2) is 0 Å². The molecule has 4 aromatic rings. The van der Waals surface area contributed by atoms with Crippen molar-refractivity contribution in [1.82, 2.24) is 5.32 Å². The molecule has 0 saturated carbocycles. The number of carboxylic acids is 1. The van der Waals surface area contributed by atoms with Crippen LogP contribution in [-0.4, -0.2) is 24.2 Å². The molecule has 34 heavy (non-hydrogen) atoms. The largest absolute Gasteiger partial charge is 0.492 e. The van der Waals surface area contributed by atoms with Gasteiger partial charge in [-0.3, -0.25) is 0 Å². The van der Waals surface area contributed by atoms with Crippen molar-refractivity contribution in [3.8, 4) is 16.9 Å². The van der Waals surface area contributed by atoms with Gasteiger partial charge < -0.3 is 15.2 Å². The first kappa shape index (κ1) is 23.5. The molecule has 0 saturated heterocycles. The van der Waals surface area contributed by atoms with Gasteiger partial charge in [-0.1, -0.05) is 48.5 Å². The lowest BCUT2D eigenvalue weighted by molar-refractivity contribution is 0.0696. The molecular weight excluding hydrogens is 429 g/mol. The van der Waals surface area contributed by atoms with E-state index in [2.05, 4.69) is 42.6 Å². The lowest BCUT2D eigenvalue weighted by Gasteiger charge is -2.17. The van der Waals surface area contributed by atoms with Gasteiger partial charge in [-0.2, -0.15) is 0 Å². The van der Waals surface area contributed by atoms with Gasteiger partial charge in [0, 0.05) is 12.6 Å². The van der Waals surface area contributed by atoms with Crippen molar-refractivity contribution >= 4 is 16.7 Å². The van der Waals surface area contributed by atoms with Crippen molar-refractivity contribution in [2.24, 2.45) is 0 Å². The number of ether oxygens (including phenoxy) is 1. The van der Waals surface area contributed by atoms with Gasteiger partial charge in [-0.25, -0.2) is 9.18 Å². The fourth-order valence-electron chi connectivity index (χ4n) is 4.24. The molecule has 0 heterocycles. The van der Waals surface area contributed by atoms with Crippen molar-refractivity contribution in [2.45, 2.75) is 26.8 Å². The van der Waals surface area contributed by atoms with Crippen LogP contribution in [0.15, 0.2) is 72.8 Å². The number of aromatic carboxylic acids is 1. The van der Waals surface area contributed by atoms with Crippen LogP contribution >= 0.6 is 0 Å². The maximum absolute atomic E-state index is 13.9. The third-order valence-corrected chi connectivity index (χ3v) is 6.30. The highest BCUT2D eigenvalue weighted by atomic mass is 19.1. The van der Waals surface area contributed by atoms with Crippen LogP contribution in [0.3, 0.4) is 0 Å². The summed E-state index contributed by atoms with van der Waals surface area (Å²) in [5.41, 5.74) is 4.15. The summed E-state index contributed by atoms with van der Waals surface area (Å²) >= 11 is 0. The smallest absolute Gasteiger partial charge is 0.335 e. The molecule has 5 heteroatoms. The first-order chi connectivity index (χ1) is 16.3. The number of carboxylic acid groups (broad SMARTS) is 1. The lowest BCUT2D eigenvalue weighted by atomic mass is 9.95. The van der Waals surface area contributed by atoms with Crippen molar-refractivity contribution in [1.29, 1.82) is 0 Å². The molecule has 0 amide bonds. The number of nitrogens with one attached hydrogen (secondary N) is 1. The second kappa shape index (κ2) is 10.1. The average molecular weight is 458 g/mol. The lowest BCUT2D eigenvalue weighted by Crippen LogP contribution is -2.24. The Morgan fingerprint density at radius 3 is 2.56 bits per heavy atom. The fraction of sp³-hybridized carbons (Fsp3) is 0.207. The van der Waals surface area contributed by atoms with E-state index in [1.807, 2.05) is 19.1 Å². The molecule has 4 rings (SSSR count).